The predicted molar refractivity (Wildman–Crippen MR) is 88.9 cm³/mol. The molecule has 0 bridgehead atoms. The molecule has 23 heavy (non-hydrogen) atoms. The van der Waals surface area contributed by atoms with E-state index in [2.05, 4.69) is 15.6 Å². The highest BCUT2D eigenvalue weighted by Gasteiger charge is 2.04. The molecule has 0 fully saturated rings. The Bertz CT molecular complexity index is 670. The molecule has 2 N–H and O–H groups in total. The maximum absolute atomic E-state index is 13.5. The number of nitrogens with zero attached hydrogens (tertiary/aromatic N) is 1. The van der Waals surface area contributed by atoms with Gasteiger partial charge in [-0.3, -0.25) is 4.99 Å². The van der Waals surface area contributed by atoms with Gasteiger partial charge in [-0.1, -0.05) is 30.3 Å². The normalized spacial score (nSPS) is 13.9. The zero-order chi connectivity index (χ0) is 15.9. The quantitative estimate of drug-likeness (QED) is 0.892. The van der Waals surface area contributed by atoms with Crippen molar-refractivity contribution in [3.8, 4) is 5.75 Å². The van der Waals surface area contributed by atoms with Crippen LogP contribution in [0.15, 0.2) is 53.5 Å². The van der Waals surface area contributed by atoms with Crippen molar-refractivity contribution in [3.05, 3.63) is 65.5 Å². The Morgan fingerprint density at radius 3 is 2.70 bits per heavy atom. The number of guanidine groups is 1. The summed E-state index contributed by atoms with van der Waals surface area (Å²) in [5, 5.41) is 6.49. The van der Waals surface area contributed by atoms with Crippen molar-refractivity contribution in [1.29, 1.82) is 0 Å². The summed E-state index contributed by atoms with van der Waals surface area (Å²) in [5.74, 6) is 1.34. The minimum absolute atomic E-state index is 0.227. The third-order valence-corrected chi connectivity index (χ3v) is 3.63. The van der Waals surface area contributed by atoms with E-state index < -0.39 is 0 Å². The van der Waals surface area contributed by atoms with Crippen molar-refractivity contribution < 1.29 is 9.13 Å². The van der Waals surface area contributed by atoms with Gasteiger partial charge in [0.05, 0.1) is 0 Å². The van der Waals surface area contributed by atoms with Crippen LogP contribution in [0.3, 0.4) is 0 Å². The number of halogens is 1. The summed E-state index contributed by atoms with van der Waals surface area (Å²) < 4.78 is 19.2. The first kappa shape index (κ1) is 15.3. The van der Waals surface area contributed by atoms with Crippen LogP contribution >= 0.6 is 0 Å². The van der Waals surface area contributed by atoms with Gasteiger partial charge in [0.1, 0.15) is 18.2 Å². The molecule has 0 aromatic heterocycles. The third-order valence-electron chi connectivity index (χ3n) is 3.63. The van der Waals surface area contributed by atoms with Crippen LogP contribution in [0.5, 0.6) is 5.75 Å². The Morgan fingerprint density at radius 1 is 1.13 bits per heavy atom. The van der Waals surface area contributed by atoms with E-state index in [0.29, 0.717) is 12.1 Å². The Kier molecular flexibility index (Phi) is 5.09. The molecule has 0 radical (unpaired) electrons. The van der Waals surface area contributed by atoms with Crippen LogP contribution < -0.4 is 15.4 Å². The predicted octanol–water partition coefficient (Wildman–Crippen LogP) is 2.84. The summed E-state index contributed by atoms with van der Waals surface area (Å²) in [6, 6.07) is 14.4. The third kappa shape index (κ3) is 4.45. The first-order valence-electron chi connectivity index (χ1n) is 7.78. The van der Waals surface area contributed by atoms with Crippen LogP contribution in [0.2, 0.25) is 0 Å². The van der Waals surface area contributed by atoms with Crippen LogP contribution in [0.1, 0.15) is 17.5 Å². The van der Waals surface area contributed by atoms with Crippen molar-refractivity contribution in [2.45, 2.75) is 19.6 Å². The molecular weight excluding hydrogens is 293 g/mol. The molecule has 0 amide bonds. The van der Waals surface area contributed by atoms with Crippen LogP contribution in [0.25, 0.3) is 0 Å². The molecule has 0 saturated carbocycles. The lowest BCUT2D eigenvalue weighted by Crippen LogP contribution is -2.40. The average molecular weight is 313 g/mol. The SMILES string of the molecule is Fc1ccccc1COc1ccc(CNC2=NCCCN2)cc1. The van der Waals surface area contributed by atoms with Gasteiger partial charge in [0.2, 0.25) is 0 Å². The van der Waals surface area contributed by atoms with Gasteiger partial charge in [-0.2, -0.15) is 0 Å². The average Bonchev–Trinajstić information content (AvgIpc) is 2.61. The molecule has 2 aromatic carbocycles. The fourth-order valence-corrected chi connectivity index (χ4v) is 2.32. The van der Waals surface area contributed by atoms with E-state index in [0.717, 1.165) is 36.8 Å². The molecule has 0 atom stereocenters. The van der Waals surface area contributed by atoms with Crippen molar-refractivity contribution in [3.63, 3.8) is 0 Å². The van der Waals surface area contributed by atoms with Crippen LogP contribution in [-0.4, -0.2) is 19.0 Å². The molecule has 2 aromatic rings. The molecule has 5 heteroatoms. The van der Waals surface area contributed by atoms with Crippen molar-refractivity contribution in [2.24, 2.45) is 4.99 Å². The smallest absolute Gasteiger partial charge is 0.191 e. The highest BCUT2D eigenvalue weighted by atomic mass is 19.1. The Hall–Kier alpha value is -2.56. The monoisotopic (exact) mass is 313 g/mol. The van der Waals surface area contributed by atoms with E-state index in [1.54, 1.807) is 18.2 Å². The minimum atomic E-state index is -0.242. The molecule has 0 unspecified atom stereocenters. The standard InChI is InChI=1S/C18H20FN3O/c19-17-5-2-1-4-15(17)13-23-16-8-6-14(7-9-16)12-22-18-20-10-3-11-21-18/h1-2,4-9H,3,10-13H2,(H2,20,21,22). The van der Waals surface area contributed by atoms with E-state index in [1.165, 1.54) is 6.07 Å². The molecule has 1 aliphatic heterocycles. The highest BCUT2D eigenvalue weighted by molar-refractivity contribution is 5.80. The van der Waals surface area contributed by atoms with Crippen LogP contribution in [0.4, 0.5) is 4.39 Å². The summed E-state index contributed by atoms with van der Waals surface area (Å²) >= 11 is 0. The van der Waals surface area contributed by atoms with Gasteiger partial charge in [-0.15, -0.1) is 0 Å². The second-order valence-corrected chi connectivity index (χ2v) is 5.39. The first-order chi connectivity index (χ1) is 11.3. The van der Waals surface area contributed by atoms with Crippen molar-refractivity contribution >= 4 is 5.96 Å². The molecule has 4 nitrogen and oxygen atoms in total. The topological polar surface area (TPSA) is 45.6 Å². The largest absolute Gasteiger partial charge is 0.489 e. The van der Waals surface area contributed by atoms with Gasteiger partial charge in [0, 0.05) is 25.2 Å². The lowest BCUT2D eigenvalue weighted by atomic mass is 10.2. The van der Waals surface area contributed by atoms with E-state index >= 15 is 0 Å². The lowest BCUT2D eigenvalue weighted by Gasteiger charge is -2.16. The first-order valence-corrected chi connectivity index (χ1v) is 7.78. The van der Waals surface area contributed by atoms with Gasteiger partial charge < -0.3 is 15.4 Å². The number of aliphatic imine (C=N–C) groups is 1. The molecular formula is C18H20FN3O. The maximum Gasteiger partial charge on any atom is 0.191 e. The van der Waals surface area contributed by atoms with Gasteiger partial charge >= 0.3 is 0 Å². The van der Waals surface area contributed by atoms with E-state index in [9.17, 15) is 4.39 Å². The van der Waals surface area contributed by atoms with Gasteiger partial charge in [-0.05, 0) is 30.2 Å². The second-order valence-electron chi connectivity index (χ2n) is 5.39. The lowest BCUT2D eigenvalue weighted by molar-refractivity contribution is 0.300. The van der Waals surface area contributed by atoms with Gasteiger partial charge in [-0.25, -0.2) is 4.39 Å². The van der Waals surface area contributed by atoms with E-state index in [1.807, 2.05) is 24.3 Å². The molecule has 3 rings (SSSR count). The van der Waals surface area contributed by atoms with Crippen LogP contribution in [-0.2, 0) is 13.2 Å². The molecule has 1 aliphatic rings. The van der Waals surface area contributed by atoms with E-state index in [-0.39, 0.29) is 12.4 Å². The fraction of sp³-hybridized carbons (Fsp3) is 0.278. The number of hydrogen-bond donors (Lipinski definition) is 2. The number of benzene rings is 2. The number of hydrogen-bond acceptors (Lipinski definition) is 4. The summed E-state index contributed by atoms with van der Waals surface area (Å²) in [7, 11) is 0. The van der Waals surface area contributed by atoms with Crippen molar-refractivity contribution in [2.75, 3.05) is 13.1 Å². The fourth-order valence-electron chi connectivity index (χ4n) is 2.32. The molecule has 0 saturated heterocycles. The highest BCUT2D eigenvalue weighted by Crippen LogP contribution is 2.15. The minimum Gasteiger partial charge on any atom is -0.489 e. The van der Waals surface area contributed by atoms with E-state index in [4.69, 9.17) is 4.74 Å². The Morgan fingerprint density at radius 2 is 1.96 bits per heavy atom. The van der Waals surface area contributed by atoms with Gasteiger partial charge in [0.25, 0.3) is 0 Å². The maximum atomic E-state index is 13.5. The summed E-state index contributed by atoms with van der Waals surface area (Å²) in [6.07, 6.45) is 1.08. The molecule has 0 aliphatic carbocycles. The number of ether oxygens (including phenoxy) is 1. The Balaban J connectivity index is 1.51. The zero-order valence-electron chi connectivity index (χ0n) is 12.9. The molecule has 120 valence electrons. The second kappa shape index (κ2) is 7.63. The summed E-state index contributed by atoms with van der Waals surface area (Å²) in [6.45, 7) is 2.78. The van der Waals surface area contributed by atoms with Gasteiger partial charge in [0.15, 0.2) is 5.96 Å². The molecule has 0 spiro atoms. The number of rotatable bonds is 5. The molecule has 1 heterocycles. The Labute approximate surface area is 135 Å². The zero-order valence-corrected chi connectivity index (χ0v) is 12.9. The van der Waals surface area contributed by atoms with Crippen molar-refractivity contribution in [1.82, 2.24) is 10.6 Å². The number of nitrogens with one attached hydrogen (secondary N) is 2. The van der Waals surface area contributed by atoms with Crippen LogP contribution in [0, 0.1) is 5.82 Å². The summed E-state index contributed by atoms with van der Waals surface area (Å²) in [4.78, 5) is 4.37. The summed E-state index contributed by atoms with van der Waals surface area (Å²) in [5.41, 5.74) is 1.69.